The predicted molar refractivity (Wildman–Crippen MR) is 93.7 cm³/mol. The Morgan fingerprint density at radius 2 is 1.85 bits per heavy atom. The summed E-state index contributed by atoms with van der Waals surface area (Å²) in [4.78, 5) is 31.0. The number of benzene rings is 1. The molecule has 1 saturated heterocycles. The summed E-state index contributed by atoms with van der Waals surface area (Å²) >= 11 is 0. The molecule has 1 N–H and O–H groups in total. The molecule has 3 aromatic rings. The number of nitrogens with zero attached hydrogens (tertiary/aromatic N) is 5. The highest BCUT2D eigenvalue weighted by Gasteiger charge is 2.17. The maximum Gasteiger partial charge on any atom is 0.352 e. The molecule has 0 spiro atoms. The zero-order chi connectivity index (χ0) is 19.0. The lowest BCUT2D eigenvalue weighted by Crippen LogP contribution is -2.28. The van der Waals surface area contributed by atoms with E-state index >= 15 is 0 Å². The van der Waals surface area contributed by atoms with Crippen LogP contribution in [-0.4, -0.2) is 38.2 Å². The molecule has 0 atom stereocenters. The number of halogens is 2. The van der Waals surface area contributed by atoms with Gasteiger partial charge in [0.25, 0.3) is 5.78 Å². The number of rotatable bonds is 4. The number of fused-ring (bicyclic) bond motifs is 1. The Labute approximate surface area is 152 Å². The Kier molecular flexibility index (Phi) is 4.30. The molecule has 4 rings (SSSR count). The van der Waals surface area contributed by atoms with E-state index in [1.807, 2.05) is 0 Å². The van der Waals surface area contributed by atoms with Crippen LogP contribution in [0.25, 0.3) is 5.78 Å². The van der Waals surface area contributed by atoms with Gasteiger partial charge in [0, 0.05) is 31.0 Å². The number of carbonyl (C=O) groups excluding carboxylic acids is 1. The molecule has 1 aromatic carbocycles. The number of aromatic nitrogens is 4. The van der Waals surface area contributed by atoms with E-state index in [9.17, 15) is 18.4 Å². The van der Waals surface area contributed by atoms with Gasteiger partial charge in [-0.15, -0.1) is 5.10 Å². The average Bonchev–Trinajstić information content (AvgIpc) is 3.23. The summed E-state index contributed by atoms with van der Waals surface area (Å²) in [5.74, 6) is -1.33. The third kappa shape index (κ3) is 3.50. The first kappa shape index (κ1) is 17.1. The lowest BCUT2D eigenvalue weighted by atomic mass is 10.3. The molecule has 0 aliphatic carbocycles. The average molecular weight is 374 g/mol. The van der Waals surface area contributed by atoms with Crippen molar-refractivity contribution < 1.29 is 13.6 Å². The normalized spacial score (nSPS) is 14.1. The van der Waals surface area contributed by atoms with E-state index in [1.165, 1.54) is 4.40 Å². The maximum absolute atomic E-state index is 13.2. The first-order valence-corrected chi connectivity index (χ1v) is 8.47. The van der Waals surface area contributed by atoms with Crippen LogP contribution in [0.2, 0.25) is 0 Å². The van der Waals surface area contributed by atoms with Crippen LogP contribution in [0.15, 0.2) is 35.3 Å². The van der Waals surface area contributed by atoms with Crippen molar-refractivity contribution >= 4 is 23.2 Å². The van der Waals surface area contributed by atoms with Crippen LogP contribution in [0.1, 0.15) is 12.8 Å². The van der Waals surface area contributed by atoms with E-state index in [1.54, 1.807) is 12.3 Å². The third-order valence-electron chi connectivity index (χ3n) is 4.31. The molecule has 1 aliphatic rings. The van der Waals surface area contributed by atoms with Crippen molar-refractivity contribution in [1.82, 2.24) is 19.2 Å². The Balaban J connectivity index is 1.55. The summed E-state index contributed by atoms with van der Waals surface area (Å²) in [6, 6.07) is 4.40. The van der Waals surface area contributed by atoms with Gasteiger partial charge in [0.1, 0.15) is 24.0 Å². The van der Waals surface area contributed by atoms with Gasteiger partial charge < -0.3 is 10.2 Å². The van der Waals surface area contributed by atoms with Crippen LogP contribution in [0.3, 0.4) is 0 Å². The van der Waals surface area contributed by atoms with E-state index in [2.05, 4.69) is 20.3 Å². The molecule has 1 fully saturated rings. The molecular weight excluding hydrogens is 358 g/mol. The van der Waals surface area contributed by atoms with Gasteiger partial charge in [0.15, 0.2) is 0 Å². The van der Waals surface area contributed by atoms with E-state index in [4.69, 9.17) is 0 Å². The second-order valence-corrected chi connectivity index (χ2v) is 6.30. The summed E-state index contributed by atoms with van der Waals surface area (Å²) in [7, 11) is 0. The molecule has 1 amide bonds. The van der Waals surface area contributed by atoms with Gasteiger partial charge in [-0.05, 0) is 31.0 Å². The van der Waals surface area contributed by atoms with Crippen LogP contribution in [-0.2, 0) is 11.3 Å². The first-order chi connectivity index (χ1) is 13.0. The lowest BCUT2D eigenvalue weighted by Gasteiger charge is -2.15. The summed E-state index contributed by atoms with van der Waals surface area (Å²) in [5.41, 5.74) is -0.560. The van der Waals surface area contributed by atoms with Gasteiger partial charge >= 0.3 is 5.69 Å². The molecule has 27 heavy (non-hydrogen) atoms. The molecule has 3 heterocycles. The molecule has 10 heteroatoms. The van der Waals surface area contributed by atoms with E-state index < -0.39 is 29.8 Å². The van der Waals surface area contributed by atoms with Crippen LogP contribution in [0.5, 0.6) is 0 Å². The Morgan fingerprint density at radius 1 is 1.15 bits per heavy atom. The van der Waals surface area contributed by atoms with Crippen molar-refractivity contribution in [2.45, 2.75) is 19.4 Å². The van der Waals surface area contributed by atoms with Gasteiger partial charge in [0.2, 0.25) is 5.91 Å². The largest absolute Gasteiger partial charge is 0.356 e. The van der Waals surface area contributed by atoms with Crippen molar-refractivity contribution in [3.63, 3.8) is 0 Å². The van der Waals surface area contributed by atoms with E-state index in [0.29, 0.717) is 6.07 Å². The van der Waals surface area contributed by atoms with Crippen molar-refractivity contribution in [2.75, 3.05) is 23.3 Å². The number of nitrogens with one attached hydrogen (secondary N) is 1. The van der Waals surface area contributed by atoms with Crippen LogP contribution >= 0.6 is 0 Å². The highest BCUT2D eigenvalue weighted by atomic mass is 19.1. The molecule has 0 unspecified atom stereocenters. The molecule has 0 bridgehead atoms. The van der Waals surface area contributed by atoms with Gasteiger partial charge in [-0.3, -0.25) is 4.79 Å². The maximum atomic E-state index is 13.2. The molecular formula is C17H16F2N6O2. The van der Waals surface area contributed by atoms with E-state index in [-0.39, 0.29) is 11.5 Å². The van der Waals surface area contributed by atoms with Crippen molar-refractivity contribution in [3.8, 4) is 0 Å². The molecule has 2 aromatic heterocycles. The second kappa shape index (κ2) is 6.78. The van der Waals surface area contributed by atoms with Crippen LogP contribution in [0.4, 0.5) is 20.3 Å². The van der Waals surface area contributed by atoms with E-state index in [0.717, 1.165) is 48.6 Å². The summed E-state index contributed by atoms with van der Waals surface area (Å²) in [6.07, 6.45) is 3.76. The summed E-state index contributed by atoms with van der Waals surface area (Å²) < 4.78 is 28.6. The number of anilines is 2. The molecule has 140 valence electrons. The minimum atomic E-state index is -0.811. The number of carbonyl (C=O) groups is 1. The number of hydrogen-bond donors (Lipinski definition) is 1. The summed E-state index contributed by atoms with van der Waals surface area (Å²) in [5, 5.41) is 6.42. The van der Waals surface area contributed by atoms with Crippen molar-refractivity contribution in [2.24, 2.45) is 0 Å². The molecule has 0 saturated carbocycles. The quantitative estimate of drug-likeness (QED) is 0.746. The van der Waals surface area contributed by atoms with Gasteiger partial charge in [-0.2, -0.15) is 4.98 Å². The Morgan fingerprint density at radius 3 is 2.56 bits per heavy atom. The highest BCUT2D eigenvalue weighted by Crippen LogP contribution is 2.17. The zero-order valence-corrected chi connectivity index (χ0v) is 14.2. The zero-order valence-electron chi connectivity index (χ0n) is 14.2. The number of hydrogen-bond acceptors (Lipinski definition) is 5. The van der Waals surface area contributed by atoms with Crippen molar-refractivity contribution in [1.29, 1.82) is 0 Å². The molecule has 1 aliphatic heterocycles. The van der Waals surface area contributed by atoms with Crippen LogP contribution in [0, 0.1) is 11.6 Å². The van der Waals surface area contributed by atoms with Crippen LogP contribution < -0.4 is 15.9 Å². The predicted octanol–water partition coefficient (Wildman–Crippen LogP) is 1.41. The van der Waals surface area contributed by atoms with Gasteiger partial charge in [-0.25, -0.2) is 22.7 Å². The topological polar surface area (TPSA) is 84.5 Å². The first-order valence-electron chi connectivity index (χ1n) is 8.47. The Bertz CT molecular complexity index is 1050. The third-order valence-corrected chi connectivity index (χ3v) is 4.31. The van der Waals surface area contributed by atoms with Gasteiger partial charge in [0.05, 0.1) is 0 Å². The fraction of sp³-hybridized carbons (Fsp3) is 0.294. The molecule has 0 radical (unpaired) electrons. The minimum Gasteiger partial charge on any atom is -0.356 e. The fourth-order valence-corrected chi connectivity index (χ4v) is 3.08. The molecule has 8 nitrogen and oxygen atoms in total. The minimum absolute atomic E-state index is 0.0382. The summed E-state index contributed by atoms with van der Waals surface area (Å²) in [6.45, 7) is 1.40. The standard InChI is InChI=1S/C17H16F2N6O2/c18-11-7-12(19)9-13(8-11)20-15(26)10-25-17(27)24-6-3-14(21-16(24)22-25)23-4-1-2-5-23/h3,6-9H,1-2,4-5,10H2,(H,20,26). The number of amides is 1. The SMILES string of the molecule is O=C(Cn1nc2nc(N3CCCC3)ccn2c1=O)Nc1cc(F)cc(F)c1. The monoisotopic (exact) mass is 374 g/mol. The smallest absolute Gasteiger partial charge is 0.352 e. The highest BCUT2D eigenvalue weighted by molar-refractivity contribution is 5.90. The lowest BCUT2D eigenvalue weighted by molar-refractivity contribution is -0.117. The fourth-order valence-electron chi connectivity index (χ4n) is 3.08. The second-order valence-electron chi connectivity index (χ2n) is 6.30. The van der Waals surface area contributed by atoms with Crippen molar-refractivity contribution in [3.05, 3.63) is 52.6 Å². The Hall–Kier alpha value is -3.30. The van der Waals surface area contributed by atoms with Gasteiger partial charge in [-0.1, -0.05) is 0 Å².